The van der Waals surface area contributed by atoms with E-state index in [1.807, 2.05) is 0 Å². The van der Waals surface area contributed by atoms with Gasteiger partial charge in [-0.2, -0.15) is 0 Å². The molecule has 1 aliphatic rings. The van der Waals surface area contributed by atoms with Crippen LogP contribution in [0, 0.1) is 16.7 Å². The fraction of sp³-hybridized carbons (Fsp3) is 0.824. The lowest BCUT2D eigenvalue weighted by Crippen LogP contribution is -2.56. The molecule has 2 nitrogen and oxygen atoms in total. The van der Waals surface area contributed by atoms with Gasteiger partial charge in [-0.25, -0.2) is 4.79 Å². The van der Waals surface area contributed by atoms with Gasteiger partial charge in [0.2, 0.25) is 0 Å². The van der Waals surface area contributed by atoms with E-state index in [1.165, 1.54) is 18.9 Å². The van der Waals surface area contributed by atoms with E-state index in [9.17, 15) is 4.79 Å². The Morgan fingerprint density at radius 2 is 1.79 bits per heavy atom. The van der Waals surface area contributed by atoms with Crippen molar-refractivity contribution >= 4 is 5.97 Å². The summed E-state index contributed by atoms with van der Waals surface area (Å²) < 4.78 is 5.81. The molecule has 0 aromatic heterocycles. The Morgan fingerprint density at radius 3 is 2.32 bits per heavy atom. The number of ether oxygens (including phenoxy) is 1. The molecule has 0 saturated heterocycles. The molecular formula is C17H30O2. The maximum absolute atomic E-state index is 11.7. The van der Waals surface area contributed by atoms with Crippen molar-refractivity contribution in [2.24, 2.45) is 16.7 Å². The number of carbonyl (C=O) groups excluding carboxylic acids is 1. The van der Waals surface area contributed by atoms with Gasteiger partial charge in [-0.3, -0.25) is 0 Å². The molecule has 2 atom stereocenters. The molecule has 2 heteroatoms. The Balaban J connectivity index is 3.19. The molecule has 0 radical (unpaired) electrons. The molecule has 0 heterocycles. The minimum atomic E-state index is -0.434. The Hall–Kier alpha value is -0.790. The molecule has 0 spiro atoms. The molecule has 0 N–H and O–H groups in total. The zero-order chi connectivity index (χ0) is 14.9. The molecule has 0 aromatic rings. The van der Waals surface area contributed by atoms with Gasteiger partial charge in [-0.1, -0.05) is 54.0 Å². The van der Waals surface area contributed by atoms with Crippen molar-refractivity contribution in [2.75, 3.05) is 0 Å². The van der Waals surface area contributed by atoms with Crippen LogP contribution in [0.1, 0.15) is 67.2 Å². The molecule has 0 aliphatic heterocycles. The summed E-state index contributed by atoms with van der Waals surface area (Å²) in [6, 6.07) is 0. The Morgan fingerprint density at radius 1 is 1.21 bits per heavy atom. The van der Waals surface area contributed by atoms with Gasteiger partial charge in [0.1, 0.15) is 5.60 Å². The maximum atomic E-state index is 11.7. The second-order valence-corrected chi connectivity index (χ2v) is 7.35. The van der Waals surface area contributed by atoms with Gasteiger partial charge >= 0.3 is 5.97 Å². The summed E-state index contributed by atoms with van der Waals surface area (Å²) in [7, 11) is 0. The molecule has 1 fully saturated rings. The van der Waals surface area contributed by atoms with Crippen LogP contribution in [0.2, 0.25) is 0 Å². The molecule has 1 aliphatic carbocycles. The van der Waals surface area contributed by atoms with Crippen LogP contribution < -0.4 is 0 Å². The summed E-state index contributed by atoms with van der Waals surface area (Å²) in [5.74, 6) is 0.309. The lowest BCUT2D eigenvalue weighted by Gasteiger charge is -2.56. The zero-order valence-electron chi connectivity index (χ0n) is 13.5. The van der Waals surface area contributed by atoms with E-state index < -0.39 is 5.60 Å². The first-order valence-electron chi connectivity index (χ1n) is 7.44. The molecule has 110 valence electrons. The van der Waals surface area contributed by atoms with E-state index in [-0.39, 0.29) is 16.8 Å². The van der Waals surface area contributed by atoms with Gasteiger partial charge < -0.3 is 4.74 Å². The van der Waals surface area contributed by atoms with Crippen molar-refractivity contribution in [2.45, 2.75) is 72.8 Å². The number of rotatable bonds is 2. The van der Waals surface area contributed by atoms with Crippen LogP contribution in [0.4, 0.5) is 0 Å². The second kappa shape index (κ2) is 5.30. The third kappa shape index (κ3) is 2.73. The summed E-state index contributed by atoms with van der Waals surface area (Å²) in [6.45, 7) is 17.0. The zero-order valence-corrected chi connectivity index (χ0v) is 13.5. The molecular weight excluding hydrogens is 236 g/mol. The van der Waals surface area contributed by atoms with Gasteiger partial charge in [-0.05, 0) is 31.1 Å². The van der Waals surface area contributed by atoms with Crippen molar-refractivity contribution < 1.29 is 9.53 Å². The van der Waals surface area contributed by atoms with Gasteiger partial charge in [0, 0.05) is 11.5 Å². The largest absolute Gasteiger partial charge is 0.456 e. The third-order valence-corrected chi connectivity index (χ3v) is 6.20. The SMILES string of the molecule is C=CC(=O)OC1(C)CCCCC(C)C(C)(C)C1(C)C. The molecule has 19 heavy (non-hydrogen) atoms. The minimum absolute atomic E-state index is 0.0848. The van der Waals surface area contributed by atoms with Crippen LogP contribution in [0.5, 0.6) is 0 Å². The van der Waals surface area contributed by atoms with Crippen LogP contribution in [-0.2, 0) is 9.53 Å². The topological polar surface area (TPSA) is 26.3 Å². The van der Waals surface area contributed by atoms with Crippen molar-refractivity contribution in [1.82, 2.24) is 0 Å². The first-order chi connectivity index (χ1) is 8.58. The normalized spacial score (nSPS) is 33.9. The van der Waals surface area contributed by atoms with Crippen LogP contribution >= 0.6 is 0 Å². The van der Waals surface area contributed by atoms with E-state index in [1.54, 1.807) is 0 Å². The van der Waals surface area contributed by atoms with Crippen molar-refractivity contribution in [3.8, 4) is 0 Å². The monoisotopic (exact) mass is 266 g/mol. The minimum Gasteiger partial charge on any atom is -0.456 e. The first kappa shape index (κ1) is 16.3. The first-order valence-corrected chi connectivity index (χ1v) is 7.44. The highest BCUT2D eigenvalue weighted by atomic mass is 16.6. The fourth-order valence-electron chi connectivity index (χ4n) is 3.33. The fourth-order valence-corrected chi connectivity index (χ4v) is 3.33. The number of carbonyl (C=O) groups is 1. The van der Waals surface area contributed by atoms with Crippen molar-refractivity contribution in [1.29, 1.82) is 0 Å². The number of hydrogen-bond acceptors (Lipinski definition) is 2. The number of hydrogen-bond donors (Lipinski definition) is 0. The summed E-state index contributed by atoms with van der Waals surface area (Å²) in [5.41, 5.74) is -0.404. The van der Waals surface area contributed by atoms with Crippen LogP contribution in [0.25, 0.3) is 0 Å². The Bertz CT molecular complexity index is 354. The standard InChI is InChI=1S/C17H30O2/c1-8-14(18)19-17(7)12-10-9-11-13(2)15(3,4)16(17,5)6/h8,13H,1,9-12H2,2-7H3. The van der Waals surface area contributed by atoms with E-state index in [0.29, 0.717) is 5.92 Å². The van der Waals surface area contributed by atoms with Crippen LogP contribution in [0.15, 0.2) is 12.7 Å². The average Bonchev–Trinajstić information content (AvgIpc) is 2.32. The van der Waals surface area contributed by atoms with E-state index in [0.717, 1.165) is 12.8 Å². The van der Waals surface area contributed by atoms with Crippen molar-refractivity contribution in [3.05, 3.63) is 12.7 Å². The quantitative estimate of drug-likeness (QED) is 0.533. The van der Waals surface area contributed by atoms with Gasteiger partial charge in [0.15, 0.2) is 0 Å². The molecule has 2 unspecified atom stereocenters. The molecule has 1 saturated carbocycles. The highest BCUT2D eigenvalue weighted by Gasteiger charge is 2.54. The summed E-state index contributed by atoms with van der Waals surface area (Å²) in [6.07, 6.45) is 5.78. The smallest absolute Gasteiger partial charge is 0.330 e. The van der Waals surface area contributed by atoms with Gasteiger partial charge in [-0.15, -0.1) is 0 Å². The Labute approximate surface area is 118 Å². The van der Waals surface area contributed by atoms with E-state index >= 15 is 0 Å². The lowest BCUT2D eigenvalue weighted by atomic mass is 9.52. The predicted molar refractivity (Wildman–Crippen MR) is 79.9 cm³/mol. The van der Waals surface area contributed by atoms with E-state index in [4.69, 9.17) is 4.74 Å². The summed E-state index contributed by atoms with van der Waals surface area (Å²) in [4.78, 5) is 11.7. The van der Waals surface area contributed by atoms with Gasteiger partial charge in [0.05, 0.1) is 0 Å². The Kier molecular flexibility index (Phi) is 4.54. The molecule has 0 amide bonds. The highest BCUT2D eigenvalue weighted by molar-refractivity contribution is 5.81. The van der Waals surface area contributed by atoms with Gasteiger partial charge in [0.25, 0.3) is 0 Å². The summed E-state index contributed by atoms with van der Waals surface area (Å²) >= 11 is 0. The van der Waals surface area contributed by atoms with E-state index in [2.05, 4.69) is 48.1 Å². The molecule has 0 aromatic carbocycles. The van der Waals surface area contributed by atoms with Crippen molar-refractivity contribution in [3.63, 3.8) is 0 Å². The lowest BCUT2D eigenvalue weighted by molar-refractivity contribution is -0.189. The molecule has 0 bridgehead atoms. The third-order valence-electron chi connectivity index (χ3n) is 6.20. The summed E-state index contributed by atoms with van der Waals surface area (Å²) in [5, 5.41) is 0. The average molecular weight is 266 g/mol. The number of esters is 1. The maximum Gasteiger partial charge on any atom is 0.330 e. The van der Waals surface area contributed by atoms with Crippen LogP contribution in [-0.4, -0.2) is 11.6 Å². The van der Waals surface area contributed by atoms with Crippen LogP contribution in [0.3, 0.4) is 0 Å². The highest BCUT2D eigenvalue weighted by Crippen LogP contribution is 2.56. The molecule has 1 rings (SSSR count). The predicted octanol–water partition coefficient (Wildman–Crippen LogP) is 4.74. The second-order valence-electron chi connectivity index (χ2n) is 7.35.